The second-order valence-electron chi connectivity index (χ2n) is 4.77. The van der Waals surface area contributed by atoms with Gasteiger partial charge in [0, 0.05) is 0 Å². The van der Waals surface area contributed by atoms with Crippen LogP contribution in [0.5, 0.6) is 0 Å². The van der Waals surface area contributed by atoms with Crippen molar-refractivity contribution in [2.24, 2.45) is 0 Å². The molecular weight excluding hydrogens is 220 g/mol. The fourth-order valence-corrected chi connectivity index (χ4v) is 3.74. The monoisotopic (exact) mass is 244 g/mol. The number of carboxylic acids is 1. The third-order valence-corrected chi connectivity index (χ3v) is 5.06. The molecule has 0 aromatic rings. The van der Waals surface area contributed by atoms with Crippen LogP contribution in [0.4, 0.5) is 0 Å². The van der Waals surface area contributed by atoms with Crippen LogP contribution in [0.2, 0.25) is 0 Å². The smallest absolute Gasteiger partial charge is 0.319 e. The molecule has 1 saturated heterocycles. The molecule has 3 heteroatoms. The predicted molar refractivity (Wildman–Crippen MR) is 70.1 cm³/mol. The quantitative estimate of drug-likeness (QED) is 0.653. The summed E-state index contributed by atoms with van der Waals surface area (Å²) in [5, 5.41) is 9.28. The maximum absolute atomic E-state index is 11.3. The number of carbonyl (C=O) groups is 1. The molecule has 0 aromatic carbocycles. The average Bonchev–Trinajstić information content (AvgIpc) is 2.73. The Bertz CT molecular complexity index is 210. The molecule has 94 valence electrons. The first-order valence-electron chi connectivity index (χ1n) is 6.58. The lowest BCUT2D eigenvalue weighted by atomic mass is 9.95. The Morgan fingerprint density at radius 2 is 1.94 bits per heavy atom. The van der Waals surface area contributed by atoms with Crippen molar-refractivity contribution in [2.45, 2.75) is 69.5 Å². The first kappa shape index (κ1) is 13.9. The van der Waals surface area contributed by atoms with Crippen molar-refractivity contribution in [3.63, 3.8) is 0 Å². The number of aliphatic carboxylic acids is 1. The van der Waals surface area contributed by atoms with E-state index in [1.807, 2.05) is 0 Å². The Balaban J connectivity index is 2.16. The zero-order chi connectivity index (χ0) is 11.9. The summed E-state index contributed by atoms with van der Waals surface area (Å²) in [6, 6.07) is 0. The lowest BCUT2D eigenvalue weighted by Gasteiger charge is -2.22. The van der Waals surface area contributed by atoms with Crippen LogP contribution in [0, 0.1) is 0 Å². The number of thioether (sulfide) groups is 1. The molecule has 1 fully saturated rings. The van der Waals surface area contributed by atoms with Gasteiger partial charge in [-0.3, -0.25) is 4.79 Å². The number of hydrogen-bond donors (Lipinski definition) is 1. The molecule has 1 rings (SSSR count). The van der Waals surface area contributed by atoms with Gasteiger partial charge in [0.1, 0.15) is 4.75 Å². The van der Waals surface area contributed by atoms with Crippen LogP contribution in [0.25, 0.3) is 0 Å². The molecule has 1 N–H and O–H groups in total. The summed E-state index contributed by atoms with van der Waals surface area (Å²) < 4.78 is -0.426. The second kappa shape index (κ2) is 7.21. The number of unbranched alkanes of at least 4 members (excludes halogenated alkanes) is 5. The van der Waals surface area contributed by atoms with Gasteiger partial charge in [-0.25, -0.2) is 0 Å². The Hall–Kier alpha value is -0.180. The largest absolute Gasteiger partial charge is 0.480 e. The van der Waals surface area contributed by atoms with Gasteiger partial charge < -0.3 is 5.11 Å². The van der Waals surface area contributed by atoms with E-state index < -0.39 is 10.7 Å². The summed E-state index contributed by atoms with van der Waals surface area (Å²) in [6.07, 6.45) is 10.3. The normalized spacial score (nSPS) is 24.8. The molecule has 0 bridgehead atoms. The molecule has 0 spiro atoms. The molecule has 1 aliphatic heterocycles. The minimum Gasteiger partial charge on any atom is -0.480 e. The van der Waals surface area contributed by atoms with E-state index in [9.17, 15) is 9.90 Å². The van der Waals surface area contributed by atoms with Crippen molar-refractivity contribution in [1.29, 1.82) is 0 Å². The molecule has 0 amide bonds. The molecule has 0 radical (unpaired) electrons. The van der Waals surface area contributed by atoms with Gasteiger partial charge in [0.25, 0.3) is 0 Å². The standard InChI is InChI=1S/C13H24O2S/c1-2-3-4-5-6-7-9-13(12(14)15)10-8-11-16-13/h2-11H2,1H3,(H,14,15). The van der Waals surface area contributed by atoms with Crippen LogP contribution in [0.3, 0.4) is 0 Å². The topological polar surface area (TPSA) is 37.3 Å². The Labute approximate surface area is 103 Å². The molecule has 1 unspecified atom stereocenters. The molecule has 0 aromatic heterocycles. The molecule has 1 heterocycles. The van der Waals surface area contributed by atoms with Gasteiger partial charge in [0.2, 0.25) is 0 Å². The Morgan fingerprint density at radius 3 is 2.50 bits per heavy atom. The molecule has 0 aliphatic carbocycles. The molecular formula is C13H24O2S. The first-order valence-corrected chi connectivity index (χ1v) is 7.57. The summed E-state index contributed by atoms with van der Waals surface area (Å²) in [5.41, 5.74) is 0. The highest BCUT2D eigenvalue weighted by Gasteiger charge is 2.41. The van der Waals surface area contributed by atoms with Crippen molar-refractivity contribution in [2.75, 3.05) is 5.75 Å². The maximum Gasteiger partial charge on any atom is 0.319 e. The Kier molecular flexibility index (Phi) is 6.25. The van der Waals surface area contributed by atoms with Crippen LogP contribution in [0.15, 0.2) is 0 Å². The SMILES string of the molecule is CCCCCCCCC1(C(=O)O)CCCS1. The van der Waals surface area contributed by atoms with Crippen molar-refractivity contribution >= 4 is 17.7 Å². The van der Waals surface area contributed by atoms with E-state index in [2.05, 4.69) is 6.92 Å². The minimum atomic E-state index is -0.580. The van der Waals surface area contributed by atoms with E-state index in [1.54, 1.807) is 11.8 Å². The van der Waals surface area contributed by atoms with E-state index in [0.717, 1.165) is 31.4 Å². The van der Waals surface area contributed by atoms with Gasteiger partial charge >= 0.3 is 5.97 Å². The van der Waals surface area contributed by atoms with Crippen molar-refractivity contribution < 1.29 is 9.90 Å². The summed E-state index contributed by atoms with van der Waals surface area (Å²) in [5.74, 6) is 0.450. The van der Waals surface area contributed by atoms with Gasteiger partial charge in [0.05, 0.1) is 0 Å². The van der Waals surface area contributed by atoms with Crippen molar-refractivity contribution in [3.05, 3.63) is 0 Å². The van der Waals surface area contributed by atoms with E-state index in [4.69, 9.17) is 0 Å². The first-order chi connectivity index (χ1) is 7.71. The van der Waals surface area contributed by atoms with E-state index in [1.165, 1.54) is 32.1 Å². The van der Waals surface area contributed by atoms with Crippen LogP contribution in [0.1, 0.15) is 64.7 Å². The van der Waals surface area contributed by atoms with Gasteiger partial charge in [-0.2, -0.15) is 0 Å². The molecule has 2 nitrogen and oxygen atoms in total. The van der Waals surface area contributed by atoms with Gasteiger partial charge in [-0.05, 0) is 25.0 Å². The number of rotatable bonds is 8. The van der Waals surface area contributed by atoms with Crippen molar-refractivity contribution in [1.82, 2.24) is 0 Å². The maximum atomic E-state index is 11.3. The van der Waals surface area contributed by atoms with Gasteiger partial charge in [-0.15, -0.1) is 11.8 Å². The third kappa shape index (κ3) is 4.00. The zero-order valence-corrected chi connectivity index (χ0v) is 11.2. The summed E-state index contributed by atoms with van der Waals surface area (Å²) >= 11 is 1.67. The van der Waals surface area contributed by atoms with Gasteiger partial charge in [0.15, 0.2) is 0 Å². The second-order valence-corrected chi connectivity index (χ2v) is 6.25. The van der Waals surface area contributed by atoms with E-state index in [0.29, 0.717) is 0 Å². The molecule has 1 atom stereocenters. The van der Waals surface area contributed by atoms with Crippen LogP contribution >= 0.6 is 11.8 Å². The zero-order valence-electron chi connectivity index (χ0n) is 10.3. The van der Waals surface area contributed by atoms with E-state index >= 15 is 0 Å². The van der Waals surface area contributed by atoms with Crippen LogP contribution in [-0.4, -0.2) is 21.6 Å². The molecule has 0 saturated carbocycles. The molecule has 1 aliphatic rings. The lowest BCUT2D eigenvalue weighted by molar-refractivity contribution is -0.140. The predicted octanol–water partition coefficient (Wildman–Crippen LogP) is 4.09. The lowest BCUT2D eigenvalue weighted by Crippen LogP contribution is -2.32. The highest BCUT2D eigenvalue weighted by atomic mass is 32.2. The molecule has 16 heavy (non-hydrogen) atoms. The highest BCUT2D eigenvalue weighted by Crippen LogP contribution is 2.42. The highest BCUT2D eigenvalue weighted by molar-refractivity contribution is 8.01. The fourth-order valence-electron chi connectivity index (χ4n) is 2.36. The number of carboxylic acid groups (broad SMARTS) is 1. The summed E-state index contributed by atoms with van der Waals surface area (Å²) in [6.45, 7) is 2.22. The third-order valence-electron chi connectivity index (χ3n) is 3.43. The number of hydrogen-bond acceptors (Lipinski definition) is 2. The van der Waals surface area contributed by atoms with Crippen LogP contribution in [-0.2, 0) is 4.79 Å². The van der Waals surface area contributed by atoms with Crippen molar-refractivity contribution in [3.8, 4) is 0 Å². The average molecular weight is 244 g/mol. The van der Waals surface area contributed by atoms with Gasteiger partial charge in [-0.1, -0.05) is 45.4 Å². The Morgan fingerprint density at radius 1 is 1.25 bits per heavy atom. The summed E-state index contributed by atoms with van der Waals surface area (Å²) in [4.78, 5) is 11.3. The summed E-state index contributed by atoms with van der Waals surface area (Å²) in [7, 11) is 0. The van der Waals surface area contributed by atoms with E-state index in [-0.39, 0.29) is 0 Å². The fraction of sp³-hybridized carbons (Fsp3) is 0.923. The van der Waals surface area contributed by atoms with Crippen LogP contribution < -0.4 is 0 Å². The minimum absolute atomic E-state index is 0.426.